The number of nitrogens with zero attached hydrogens (tertiary/aromatic N) is 2. The van der Waals surface area contributed by atoms with Crippen molar-refractivity contribution in [1.29, 1.82) is 0 Å². The number of sulfonamides is 1. The molecule has 0 aliphatic carbocycles. The molecule has 1 aromatic heterocycles. The van der Waals surface area contributed by atoms with Crippen molar-refractivity contribution >= 4 is 15.9 Å². The van der Waals surface area contributed by atoms with E-state index >= 15 is 0 Å². The minimum atomic E-state index is -3.49. The maximum absolute atomic E-state index is 14.3. The number of halogens is 1. The first-order valence-corrected chi connectivity index (χ1v) is 12.7. The summed E-state index contributed by atoms with van der Waals surface area (Å²) >= 11 is 0. The lowest BCUT2D eigenvalue weighted by molar-refractivity contribution is 0.0729. The summed E-state index contributed by atoms with van der Waals surface area (Å²) in [6.07, 6.45) is 0. The topological polar surface area (TPSA) is 80.6 Å². The fraction of sp³-hybridized carbons (Fsp3) is 0.320. The van der Waals surface area contributed by atoms with E-state index in [9.17, 15) is 17.6 Å². The van der Waals surface area contributed by atoms with Crippen LogP contribution in [0.3, 0.4) is 0 Å². The van der Waals surface area contributed by atoms with Gasteiger partial charge in [0, 0.05) is 31.0 Å². The van der Waals surface area contributed by atoms with Crippen LogP contribution in [0, 0.1) is 19.7 Å². The molecule has 1 saturated heterocycles. The number of para-hydroxylation sites is 1. The molecule has 2 heterocycles. The third kappa shape index (κ3) is 5.06. The van der Waals surface area contributed by atoms with Crippen LogP contribution in [0.25, 0.3) is 5.69 Å². The molecule has 9 heteroatoms. The predicted octanol–water partition coefficient (Wildman–Crippen LogP) is 3.33. The number of aryl methyl sites for hydroxylation is 1. The van der Waals surface area contributed by atoms with Crippen LogP contribution in [0.2, 0.25) is 0 Å². The first-order valence-electron chi connectivity index (χ1n) is 11.1. The molecule has 0 saturated carbocycles. The molecular weight excluding hydrogens is 457 g/mol. The van der Waals surface area contributed by atoms with Gasteiger partial charge in [-0.3, -0.25) is 4.79 Å². The highest BCUT2D eigenvalue weighted by Gasteiger charge is 2.25. The number of carbonyl (C=O) groups excluding carboxylic acids is 1. The number of carbonyl (C=O) groups is 1. The van der Waals surface area contributed by atoms with Crippen molar-refractivity contribution in [2.75, 3.05) is 26.3 Å². The average molecular weight is 486 g/mol. The Morgan fingerprint density at radius 3 is 2.38 bits per heavy atom. The fourth-order valence-electron chi connectivity index (χ4n) is 4.25. The minimum absolute atomic E-state index is 0.138. The van der Waals surface area contributed by atoms with E-state index < -0.39 is 10.0 Å². The predicted molar refractivity (Wildman–Crippen MR) is 128 cm³/mol. The molecule has 1 aliphatic heterocycles. The molecule has 0 radical (unpaired) electrons. The molecule has 2 aromatic carbocycles. The highest BCUT2D eigenvalue weighted by molar-refractivity contribution is 7.88. The first kappa shape index (κ1) is 24.1. The van der Waals surface area contributed by atoms with Crippen LogP contribution in [-0.4, -0.2) is 49.5 Å². The normalized spacial score (nSPS) is 14.8. The second-order valence-corrected chi connectivity index (χ2v) is 10.3. The Morgan fingerprint density at radius 1 is 1.03 bits per heavy atom. The van der Waals surface area contributed by atoms with Gasteiger partial charge < -0.3 is 14.6 Å². The number of amides is 1. The van der Waals surface area contributed by atoms with Crippen molar-refractivity contribution in [3.8, 4) is 5.69 Å². The number of nitrogens with one attached hydrogen (secondary N) is 1. The van der Waals surface area contributed by atoms with Gasteiger partial charge in [0.1, 0.15) is 5.82 Å². The van der Waals surface area contributed by atoms with Crippen molar-refractivity contribution in [3.63, 3.8) is 0 Å². The third-order valence-electron chi connectivity index (χ3n) is 6.03. The zero-order valence-corrected chi connectivity index (χ0v) is 20.1. The smallest absolute Gasteiger partial charge is 0.253 e. The number of rotatable bonds is 7. The number of hydrogen-bond acceptors (Lipinski definition) is 4. The molecule has 0 spiro atoms. The van der Waals surface area contributed by atoms with E-state index in [0.717, 1.165) is 11.3 Å². The lowest BCUT2D eigenvalue weighted by atomic mass is 10.1. The van der Waals surface area contributed by atoms with Gasteiger partial charge in [0.05, 0.1) is 30.2 Å². The Bertz CT molecular complexity index is 1300. The first-order chi connectivity index (χ1) is 16.3. The minimum Gasteiger partial charge on any atom is -0.379 e. The van der Waals surface area contributed by atoms with Crippen molar-refractivity contribution in [3.05, 3.63) is 88.5 Å². The standard InChI is InChI=1S/C25H28FN3O4S/c1-18-15-22(19(2)29(18)24-10-6-5-9-23(24)26)25(30)27-16-20-7-3-4-8-21(20)17-34(31,32)28-11-13-33-14-12-28/h3-10,15H,11-14,16-17H2,1-2H3,(H,27,30). The van der Waals surface area contributed by atoms with Crippen LogP contribution in [0.5, 0.6) is 0 Å². The molecule has 0 atom stereocenters. The highest BCUT2D eigenvalue weighted by Crippen LogP contribution is 2.23. The Labute approximate surface area is 199 Å². The van der Waals surface area contributed by atoms with E-state index in [1.54, 1.807) is 47.9 Å². The average Bonchev–Trinajstić information content (AvgIpc) is 3.13. The summed E-state index contributed by atoms with van der Waals surface area (Å²) in [5.74, 6) is -0.811. The Kier molecular flexibility index (Phi) is 7.16. The summed E-state index contributed by atoms with van der Waals surface area (Å²) < 4.78 is 48.5. The monoisotopic (exact) mass is 485 g/mol. The maximum Gasteiger partial charge on any atom is 0.253 e. The lowest BCUT2D eigenvalue weighted by Crippen LogP contribution is -2.41. The molecule has 4 rings (SSSR count). The second kappa shape index (κ2) is 10.1. The third-order valence-corrected chi connectivity index (χ3v) is 7.86. The van der Waals surface area contributed by atoms with Crippen molar-refractivity contribution in [1.82, 2.24) is 14.2 Å². The van der Waals surface area contributed by atoms with E-state index in [1.165, 1.54) is 10.4 Å². The zero-order chi connectivity index (χ0) is 24.3. The molecular formula is C25H28FN3O4S. The van der Waals surface area contributed by atoms with Gasteiger partial charge in [-0.1, -0.05) is 36.4 Å². The molecule has 3 aromatic rings. The van der Waals surface area contributed by atoms with Gasteiger partial charge in [0.25, 0.3) is 5.91 Å². The summed E-state index contributed by atoms with van der Waals surface area (Å²) in [6.45, 7) is 5.25. The number of hydrogen-bond donors (Lipinski definition) is 1. The van der Waals surface area contributed by atoms with E-state index in [1.807, 2.05) is 19.1 Å². The van der Waals surface area contributed by atoms with Gasteiger partial charge >= 0.3 is 0 Å². The van der Waals surface area contributed by atoms with Crippen LogP contribution >= 0.6 is 0 Å². The van der Waals surface area contributed by atoms with Crippen molar-refractivity contribution < 1.29 is 22.3 Å². The number of benzene rings is 2. The lowest BCUT2D eigenvalue weighted by Gasteiger charge is -2.26. The Balaban J connectivity index is 1.50. The highest BCUT2D eigenvalue weighted by atomic mass is 32.2. The maximum atomic E-state index is 14.3. The molecule has 1 fully saturated rings. The molecule has 1 aliphatic rings. The molecule has 1 N–H and O–H groups in total. The van der Waals surface area contributed by atoms with Gasteiger partial charge in [-0.05, 0) is 43.2 Å². The molecule has 34 heavy (non-hydrogen) atoms. The van der Waals surface area contributed by atoms with Gasteiger partial charge in [-0.2, -0.15) is 4.31 Å². The number of morpholine rings is 1. The largest absolute Gasteiger partial charge is 0.379 e. The Morgan fingerprint density at radius 2 is 1.68 bits per heavy atom. The van der Waals surface area contributed by atoms with E-state index in [0.29, 0.717) is 48.8 Å². The van der Waals surface area contributed by atoms with Gasteiger partial charge in [-0.25, -0.2) is 12.8 Å². The van der Waals surface area contributed by atoms with Crippen molar-refractivity contribution in [2.24, 2.45) is 0 Å². The van der Waals surface area contributed by atoms with Crippen molar-refractivity contribution in [2.45, 2.75) is 26.1 Å². The van der Waals surface area contributed by atoms with E-state index in [2.05, 4.69) is 5.32 Å². The zero-order valence-electron chi connectivity index (χ0n) is 19.3. The molecule has 0 unspecified atom stereocenters. The SMILES string of the molecule is Cc1cc(C(=O)NCc2ccccc2CS(=O)(=O)N2CCOCC2)c(C)n1-c1ccccc1F. The second-order valence-electron chi connectivity index (χ2n) is 8.29. The Hall–Kier alpha value is -3.01. The summed E-state index contributed by atoms with van der Waals surface area (Å²) in [5.41, 5.74) is 3.57. The quantitative estimate of drug-likeness (QED) is 0.557. The molecule has 1 amide bonds. The summed E-state index contributed by atoms with van der Waals surface area (Å²) in [7, 11) is -3.49. The summed E-state index contributed by atoms with van der Waals surface area (Å²) in [4.78, 5) is 13.0. The molecule has 0 bridgehead atoms. The van der Waals surface area contributed by atoms with Crippen LogP contribution in [-0.2, 0) is 27.1 Å². The summed E-state index contributed by atoms with van der Waals surface area (Å²) in [6, 6.07) is 15.3. The van der Waals surface area contributed by atoms with Crippen LogP contribution in [0.4, 0.5) is 4.39 Å². The van der Waals surface area contributed by atoms with Crippen LogP contribution in [0.15, 0.2) is 54.6 Å². The summed E-state index contributed by atoms with van der Waals surface area (Å²) in [5, 5.41) is 2.89. The van der Waals surface area contributed by atoms with E-state index in [4.69, 9.17) is 4.74 Å². The number of ether oxygens (including phenoxy) is 1. The van der Waals surface area contributed by atoms with E-state index in [-0.39, 0.29) is 24.0 Å². The van der Waals surface area contributed by atoms with Crippen LogP contribution in [0.1, 0.15) is 32.9 Å². The number of aromatic nitrogens is 1. The van der Waals surface area contributed by atoms with Gasteiger partial charge in [-0.15, -0.1) is 0 Å². The molecule has 180 valence electrons. The molecule has 7 nitrogen and oxygen atoms in total. The van der Waals surface area contributed by atoms with Gasteiger partial charge in [0.2, 0.25) is 10.0 Å². The fourth-order valence-corrected chi connectivity index (χ4v) is 5.81. The van der Waals surface area contributed by atoms with Gasteiger partial charge in [0.15, 0.2) is 0 Å². The van der Waals surface area contributed by atoms with Crippen LogP contribution < -0.4 is 5.32 Å².